The van der Waals surface area contributed by atoms with Gasteiger partial charge in [-0.1, -0.05) is 29.8 Å². The standard InChI is InChI=1S/C21H16ClFN4O/c1-26(12-15-16(22)5-4-6-17(15)23)11-13-9-20(28)27-19-8-3-2-7-18(19)25-21(27)14(13)10-24/h2-9,14H,11-12H2,1H3/t14-/m0/s1. The van der Waals surface area contributed by atoms with Crippen molar-refractivity contribution in [1.29, 1.82) is 5.26 Å². The van der Waals surface area contributed by atoms with Crippen molar-refractivity contribution in [2.75, 3.05) is 13.6 Å². The first-order chi connectivity index (χ1) is 13.5. The van der Waals surface area contributed by atoms with E-state index in [4.69, 9.17) is 11.6 Å². The first-order valence-corrected chi connectivity index (χ1v) is 9.10. The van der Waals surface area contributed by atoms with Gasteiger partial charge in [0.2, 0.25) is 0 Å². The van der Waals surface area contributed by atoms with Crippen LogP contribution in [0.15, 0.2) is 54.1 Å². The molecule has 5 nitrogen and oxygen atoms in total. The van der Waals surface area contributed by atoms with Gasteiger partial charge in [-0.15, -0.1) is 0 Å². The molecule has 0 amide bonds. The van der Waals surface area contributed by atoms with Crippen molar-refractivity contribution in [3.05, 3.63) is 76.3 Å². The Bertz CT molecular complexity index is 1140. The summed E-state index contributed by atoms with van der Waals surface area (Å²) in [4.78, 5) is 19.0. The molecule has 0 unspecified atom stereocenters. The lowest BCUT2D eigenvalue weighted by atomic mass is 9.95. The summed E-state index contributed by atoms with van der Waals surface area (Å²) in [6.45, 7) is 0.573. The molecule has 4 rings (SSSR count). The molecule has 140 valence electrons. The lowest BCUT2D eigenvalue weighted by molar-refractivity contribution is 0.0963. The van der Waals surface area contributed by atoms with Gasteiger partial charge in [-0.05, 0) is 36.9 Å². The molecular formula is C21H16ClFN4O. The van der Waals surface area contributed by atoms with Gasteiger partial charge in [0.05, 0.1) is 17.1 Å². The van der Waals surface area contributed by atoms with Gasteiger partial charge in [-0.3, -0.25) is 14.3 Å². The van der Waals surface area contributed by atoms with Gasteiger partial charge in [0.25, 0.3) is 5.91 Å². The van der Waals surface area contributed by atoms with Crippen molar-refractivity contribution >= 4 is 28.5 Å². The van der Waals surface area contributed by atoms with Crippen molar-refractivity contribution < 1.29 is 9.18 Å². The zero-order valence-electron chi connectivity index (χ0n) is 15.1. The third-order valence-corrected chi connectivity index (χ3v) is 5.17. The van der Waals surface area contributed by atoms with E-state index in [1.807, 2.05) is 29.2 Å². The Morgan fingerprint density at radius 3 is 2.79 bits per heavy atom. The second-order valence-electron chi connectivity index (χ2n) is 6.79. The molecule has 0 saturated heterocycles. The first kappa shape index (κ1) is 18.4. The highest BCUT2D eigenvalue weighted by Gasteiger charge is 2.31. The number of halogens is 2. The van der Waals surface area contributed by atoms with E-state index < -0.39 is 5.92 Å². The summed E-state index contributed by atoms with van der Waals surface area (Å²) in [5.41, 5.74) is 2.37. The van der Waals surface area contributed by atoms with Crippen LogP contribution in [0.4, 0.5) is 4.39 Å². The van der Waals surface area contributed by atoms with Crippen LogP contribution in [0.3, 0.4) is 0 Å². The van der Waals surface area contributed by atoms with Crippen LogP contribution in [0.2, 0.25) is 5.02 Å². The molecule has 0 aliphatic carbocycles. The molecule has 1 aliphatic heterocycles. The number of rotatable bonds is 4. The Morgan fingerprint density at radius 2 is 2.04 bits per heavy atom. The van der Waals surface area contributed by atoms with Crippen LogP contribution in [0.1, 0.15) is 22.1 Å². The third-order valence-electron chi connectivity index (χ3n) is 4.82. The molecule has 0 spiro atoms. The number of para-hydroxylation sites is 2. The molecule has 0 saturated carbocycles. The monoisotopic (exact) mass is 394 g/mol. The van der Waals surface area contributed by atoms with Crippen LogP contribution in [0, 0.1) is 17.1 Å². The van der Waals surface area contributed by atoms with Gasteiger partial charge in [-0.2, -0.15) is 5.26 Å². The van der Waals surface area contributed by atoms with E-state index in [0.29, 0.717) is 39.6 Å². The van der Waals surface area contributed by atoms with E-state index in [9.17, 15) is 14.4 Å². The minimum Gasteiger partial charge on any atom is -0.298 e. The van der Waals surface area contributed by atoms with Crippen molar-refractivity contribution in [1.82, 2.24) is 14.5 Å². The Hall–Kier alpha value is -3.01. The molecule has 7 heteroatoms. The number of aromatic nitrogens is 2. The zero-order valence-corrected chi connectivity index (χ0v) is 15.8. The van der Waals surface area contributed by atoms with Crippen LogP contribution in [-0.4, -0.2) is 34.0 Å². The number of imidazole rings is 1. The normalized spacial score (nSPS) is 16.2. The smallest absolute Gasteiger partial charge is 0.256 e. The van der Waals surface area contributed by atoms with E-state index >= 15 is 0 Å². The molecule has 0 bridgehead atoms. The Kier molecular flexibility index (Phi) is 4.71. The summed E-state index contributed by atoms with van der Waals surface area (Å²) in [7, 11) is 1.79. The third kappa shape index (κ3) is 3.09. The number of carbonyl (C=O) groups excluding carboxylic acids is 1. The molecule has 0 fully saturated rings. The van der Waals surface area contributed by atoms with Crippen LogP contribution < -0.4 is 0 Å². The van der Waals surface area contributed by atoms with Gasteiger partial charge >= 0.3 is 0 Å². The van der Waals surface area contributed by atoms with Gasteiger partial charge < -0.3 is 0 Å². The lowest BCUT2D eigenvalue weighted by Crippen LogP contribution is -2.29. The number of nitrogens with zero attached hydrogens (tertiary/aromatic N) is 4. The van der Waals surface area contributed by atoms with Gasteiger partial charge in [-0.25, -0.2) is 9.37 Å². The number of likely N-dealkylation sites (N-methyl/N-ethyl adjacent to an activating group) is 1. The fourth-order valence-corrected chi connectivity index (χ4v) is 3.76. The number of benzene rings is 2. The van der Waals surface area contributed by atoms with E-state index in [-0.39, 0.29) is 18.3 Å². The maximum atomic E-state index is 14.1. The summed E-state index contributed by atoms with van der Waals surface area (Å²) in [6.07, 6.45) is 1.48. The quantitative estimate of drug-likeness (QED) is 0.667. The first-order valence-electron chi connectivity index (χ1n) is 8.73. The molecule has 28 heavy (non-hydrogen) atoms. The molecule has 3 aromatic rings. The maximum Gasteiger partial charge on any atom is 0.256 e. The molecule has 2 heterocycles. The highest BCUT2D eigenvalue weighted by molar-refractivity contribution is 6.31. The number of nitriles is 1. The van der Waals surface area contributed by atoms with E-state index in [2.05, 4.69) is 11.1 Å². The predicted molar refractivity (Wildman–Crippen MR) is 105 cm³/mol. The highest BCUT2D eigenvalue weighted by Crippen LogP contribution is 2.32. The Morgan fingerprint density at radius 1 is 1.25 bits per heavy atom. The number of hydrogen-bond acceptors (Lipinski definition) is 4. The molecule has 1 aromatic heterocycles. The van der Waals surface area contributed by atoms with Crippen LogP contribution in [0.25, 0.3) is 11.0 Å². The Labute approximate surface area is 166 Å². The number of hydrogen-bond donors (Lipinski definition) is 0. The molecule has 1 aliphatic rings. The summed E-state index contributed by atoms with van der Waals surface area (Å²) < 4.78 is 15.6. The molecule has 1 atom stereocenters. The van der Waals surface area contributed by atoms with Gasteiger partial charge in [0.15, 0.2) is 0 Å². The average Bonchev–Trinajstić information content (AvgIpc) is 3.05. The molecular weight excluding hydrogens is 379 g/mol. The minimum atomic E-state index is -0.649. The van der Waals surface area contributed by atoms with Crippen LogP contribution in [0.5, 0.6) is 0 Å². The second-order valence-corrected chi connectivity index (χ2v) is 7.19. The van der Waals surface area contributed by atoms with E-state index in [0.717, 1.165) is 0 Å². The van der Waals surface area contributed by atoms with Crippen LogP contribution >= 0.6 is 11.6 Å². The molecule has 0 radical (unpaired) electrons. The number of allylic oxidation sites excluding steroid dienone is 1. The average molecular weight is 395 g/mol. The van der Waals surface area contributed by atoms with E-state index in [1.54, 1.807) is 19.2 Å². The fraction of sp³-hybridized carbons (Fsp3) is 0.190. The summed E-state index contributed by atoms with van der Waals surface area (Å²) in [6, 6.07) is 14.1. The van der Waals surface area contributed by atoms with Crippen LogP contribution in [-0.2, 0) is 6.54 Å². The SMILES string of the molecule is CN(CC1=CC(=O)n2c(nc3ccccc32)[C@H]1C#N)Cc1c(F)cccc1Cl. The maximum absolute atomic E-state index is 14.1. The van der Waals surface area contributed by atoms with Crippen molar-refractivity contribution in [3.63, 3.8) is 0 Å². The van der Waals surface area contributed by atoms with Crippen molar-refractivity contribution in [2.45, 2.75) is 12.5 Å². The zero-order chi connectivity index (χ0) is 19.8. The largest absolute Gasteiger partial charge is 0.298 e. The van der Waals surface area contributed by atoms with E-state index in [1.165, 1.54) is 16.7 Å². The lowest BCUT2D eigenvalue weighted by Gasteiger charge is -2.24. The summed E-state index contributed by atoms with van der Waals surface area (Å²) in [5, 5.41) is 10.1. The van der Waals surface area contributed by atoms with Crippen molar-refractivity contribution in [3.8, 4) is 6.07 Å². The molecule has 0 N–H and O–H groups in total. The van der Waals surface area contributed by atoms with Crippen molar-refractivity contribution in [2.24, 2.45) is 0 Å². The second kappa shape index (κ2) is 7.19. The molecule has 2 aromatic carbocycles. The fourth-order valence-electron chi connectivity index (χ4n) is 3.54. The van der Waals surface area contributed by atoms with Gasteiger partial charge in [0.1, 0.15) is 17.6 Å². The van der Waals surface area contributed by atoms with Gasteiger partial charge in [0, 0.05) is 29.8 Å². The predicted octanol–water partition coefficient (Wildman–Crippen LogP) is 4.15. The highest BCUT2D eigenvalue weighted by atomic mass is 35.5. The number of carbonyl (C=O) groups is 1. The summed E-state index contributed by atoms with van der Waals surface area (Å²) in [5.74, 6) is -0.846. The minimum absolute atomic E-state index is 0.234. The topological polar surface area (TPSA) is 61.9 Å². The number of fused-ring (bicyclic) bond motifs is 3. The Balaban J connectivity index is 1.64. The summed E-state index contributed by atoms with van der Waals surface area (Å²) >= 11 is 6.11.